The first-order chi connectivity index (χ1) is 16.4. The predicted molar refractivity (Wildman–Crippen MR) is 136 cm³/mol. The summed E-state index contributed by atoms with van der Waals surface area (Å²) in [6, 6.07) is 18.6. The minimum Gasteiger partial charge on any atom is -0.325 e. The summed E-state index contributed by atoms with van der Waals surface area (Å²) in [6.07, 6.45) is 4.53. The molecule has 7 heteroatoms. The summed E-state index contributed by atoms with van der Waals surface area (Å²) in [5.41, 5.74) is 3.25. The predicted octanol–water partition coefficient (Wildman–Crippen LogP) is 5.55. The van der Waals surface area contributed by atoms with Crippen molar-refractivity contribution in [1.29, 1.82) is 0 Å². The van der Waals surface area contributed by atoms with E-state index in [2.05, 4.69) is 39.1 Å². The number of nitrogens with one attached hydrogen (secondary N) is 3. The highest BCUT2D eigenvalue weighted by Crippen LogP contribution is 2.20. The van der Waals surface area contributed by atoms with Crippen molar-refractivity contribution in [3.05, 3.63) is 115 Å². The molecule has 7 nitrogen and oxygen atoms in total. The number of nitrogens with zero attached hydrogens (tertiary/aromatic N) is 2. The van der Waals surface area contributed by atoms with Crippen LogP contribution in [0.15, 0.2) is 98.0 Å². The number of benzene rings is 3. The zero-order valence-corrected chi connectivity index (χ0v) is 18.6. The lowest BCUT2D eigenvalue weighted by atomic mass is 10.1. The molecule has 3 aromatic carbocycles. The normalized spacial score (nSPS) is 10.4. The first kappa shape index (κ1) is 22.4. The standard InChI is InChI=1S/C27H23N5O2/c1-4-18(3)30-27-28-15-23(16-29-27)32-26(34)24-14-22(12-9-17(24)2)31-25(33)21-11-10-19-7-5-6-8-20(19)13-21/h4-16H,1,3H2,2H3,(H,31,33)(H,32,34)(H,28,29,30). The quantitative estimate of drug-likeness (QED) is 0.321. The zero-order valence-electron chi connectivity index (χ0n) is 18.6. The summed E-state index contributed by atoms with van der Waals surface area (Å²) >= 11 is 0. The van der Waals surface area contributed by atoms with Gasteiger partial charge >= 0.3 is 0 Å². The molecule has 0 spiro atoms. The highest BCUT2D eigenvalue weighted by Gasteiger charge is 2.13. The molecule has 1 aromatic heterocycles. The first-order valence-corrected chi connectivity index (χ1v) is 10.6. The molecule has 0 radical (unpaired) electrons. The van der Waals surface area contributed by atoms with Gasteiger partial charge in [0.15, 0.2) is 0 Å². The molecule has 0 saturated heterocycles. The molecule has 0 unspecified atom stereocenters. The molecule has 1 heterocycles. The van der Waals surface area contributed by atoms with Gasteiger partial charge in [-0.05, 0) is 53.6 Å². The second kappa shape index (κ2) is 9.79. The van der Waals surface area contributed by atoms with Gasteiger partial charge in [0, 0.05) is 22.5 Å². The van der Waals surface area contributed by atoms with E-state index >= 15 is 0 Å². The Morgan fingerprint density at radius 2 is 1.53 bits per heavy atom. The van der Waals surface area contributed by atoms with E-state index in [1.807, 2.05) is 43.3 Å². The van der Waals surface area contributed by atoms with Crippen LogP contribution in [0.25, 0.3) is 10.8 Å². The number of aromatic nitrogens is 2. The van der Waals surface area contributed by atoms with E-state index in [4.69, 9.17) is 0 Å². The van der Waals surface area contributed by atoms with E-state index in [9.17, 15) is 9.59 Å². The number of carbonyl (C=O) groups excluding carboxylic acids is 2. The molecule has 0 atom stereocenters. The van der Waals surface area contributed by atoms with Crippen LogP contribution in [0.4, 0.5) is 17.3 Å². The minimum atomic E-state index is -0.334. The van der Waals surface area contributed by atoms with Crippen LogP contribution in [-0.4, -0.2) is 21.8 Å². The maximum Gasteiger partial charge on any atom is 0.256 e. The Morgan fingerprint density at radius 1 is 0.824 bits per heavy atom. The molecular formula is C27H23N5O2. The maximum atomic E-state index is 12.9. The monoisotopic (exact) mass is 449 g/mol. The van der Waals surface area contributed by atoms with Gasteiger partial charge in [-0.25, -0.2) is 9.97 Å². The smallest absolute Gasteiger partial charge is 0.256 e. The third-order valence-electron chi connectivity index (χ3n) is 5.18. The van der Waals surface area contributed by atoms with E-state index in [1.54, 1.807) is 30.3 Å². The fraction of sp³-hybridized carbons (Fsp3) is 0.0370. The summed E-state index contributed by atoms with van der Waals surface area (Å²) in [6.45, 7) is 9.18. The number of hydrogen-bond donors (Lipinski definition) is 3. The summed E-state index contributed by atoms with van der Waals surface area (Å²) in [7, 11) is 0. The summed E-state index contributed by atoms with van der Waals surface area (Å²) in [5, 5.41) is 10.6. The minimum absolute atomic E-state index is 0.251. The number of allylic oxidation sites excluding steroid dienone is 1. The summed E-state index contributed by atoms with van der Waals surface area (Å²) in [4.78, 5) is 34.0. The van der Waals surface area contributed by atoms with E-state index in [0.717, 1.165) is 16.3 Å². The van der Waals surface area contributed by atoms with Gasteiger partial charge in [0.1, 0.15) is 0 Å². The average Bonchev–Trinajstić information content (AvgIpc) is 2.85. The van der Waals surface area contributed by atoms with E-state index in [0.29, 0.717) is 34.1 Å². The van der Waals surface area contributed by atoms with Gasteiger partial charge in [-0.1, -0.05) is 49.6 Å². The van der Waals surface area contributed by atoms with Crippen LogP contribution in [0.1, 0.15) is 26.3 Å². The molecule has 0 fully saturated rings. The molecule has 0 saturated carbocycles. The van der Waals surface area contributed by atoms with Crippen LogP contribution in [-0.2, 0) is 0 Å². The van der Waals surface area contributed by atoms with Crippen LogP contribution in [0.3, 0.4) is 0 Å². The zero-order chi connectivity index (χ0) is 24.1. The number of amides is 2. The van der Waals surface area contributed by atoms with Crippen molar-refractivity contribution in [3.8, 4) is 0 Å². The third kappa shape index (κ3) is 5.16. The van der Waals surface area contributed by atoms with Crippen molar-refractivity contribution >= 4 is 39.9 Å². The Labute approximate surface area is 197 Å². The lowest BCUT2D eigenvalue weighted by Gasteiger charge is -2.11. The molecule has 4 aromatic rings. The van der Waals surface area contributed by atoms with Crippen molar-refractivity contribution < 1.29 is 9.59 Å². The average molecular weight is 450 g/mol. The Kier molecular flexibility index (Phi) is 6.45. The van der Waals surface area contributed by atoms with Gasteiger partial charge in [0.2, 0.25) is 5.95 Å². The van der Waals surface area contributed by atoms with Crippen LogP contribution in [0.2, 0.25) is 0 Å². The number of aryl methyl sites for hydroxylation is 1. The number of fused-ring (bicyclic) bond motifs is 1. The van der Waals surface area contributed by atoms with Crippen molar-refractivity contribution in [2.45, 2.75) is 6.92 Å². The van der Waals surface area contributed by atoms with E-state index in [-0.39, 0.29) is 11.8 Å². The Balaban J connectivity index is 1.47. The first-order valence-electron chi connectivity index (χ1n) is 10.6. The van der Waals surface area contributed by atoms with Gasteiger partial charge in [-0.3, -0.25) is 9.59 Å². The SMILES string of the molecule is C=CC(=C)Nc1ncc(NC(=O)c2cc(NC(=O)c3ccc4ccccc4c3)ccc2C)cn1. The van der Waals surface area contributed by atoms with Crippen molar-refractivity contribution in [1.82, 2.24) is 9.97 Å². The van der Waals surface area contributed by atoms with Gasteiger partial charge in [0.05, 0.1) is 18.1 Å². The Hall–Kier alpha value is -4.78. The molecule has 0 aliphatic carbocycles. The fourth-order valence-electron chi connectivity index (χ4n) is 3.33. The van der Waals surface area contributed by atoms with Crippen LogP contribution in [0.5, 0.6) is 0 Å². The highest BCUT2D eigenvalue weighted by molar-refractivity contribution is 6.09. The van der Waals surface area contributed by atoms with Gasteiger partial charge in [-0.2, -0.15) is 0 Å². The van der Waals surface area contributed by atoms with E-state index in [1.165, 1.54) is 12.4 Å². The number of carbonyl (C=O) groups is 2. The molecule has 0 aliphatic rings. The molecule has 3 N–H and O–H groups in total. The van der Waals surface area contributed by atoms with Gasteiger partial charge < -0.3 is 16.0 Å². The summed E-state index contributed by atoms with van der Waals surface area (Å²) in [5.74, 6) is -0.241. The van der Waals surface area contributed by atoms with E-state index < -0.39 is 0 Å². The maximum absolute atomic E-state index is 12.9. The number of rotatable bonds is 7. The Morgan fingerprint density at radius 3 is 2.26 bits per heavy atom. The van der Waals surface area contributed by atoms with Crippen molar-refractivity contribution in [2.75, 3.05) is 16.0 Å². The molecule has 168 valence electrons. The second-order valence-corrected chi connectivity index (χ2v) is 7.65. The van der Waals surface area contributed by atoms with Crippen molar-refractivity contribution in [2.24, 2.45) is 0 Å². The lowest BCUT2D eigenvalue weighted by Crippen LogP contribution is -2.16. The number of hydrogen-bond acceptors (Lipinski definition) is 5. The Bertz CT molecular complexity index is 1410. The largest absolute Gasteiger partial charge is 0.325 e. The topological polar surface area (TPSA) is 96.0 Å². The van der Waals surface area contributed by atoms with Crippen LogP contribution >= 0.6 is 0 Å². The molecule has 0 bridgehead atoms. The molecular weight excluding hydrogens is 426 g/mol. The van der Waals surface area contributed by atoms with Gasteiger partial charge in [0.25, 0.3) is 11.8 Å². The fourth-order valence-corrected chi connectivity index (χ4v) is 3.33. The second-order valence-electron chi connectivity index (χ2n) is 7.65. The van der Waals surface area contributed by atoms with Crippen molar-refractivity contribution in [3.63, 3.8) is 0 Å². The molecule has 0 aliphatic heterocycles. The van der Waals surface area contributed by atoms with Crippen LogP contribution in [0, 0.1) is 6.92 Å². The molecule has 4 rings (SSSR count). The number of anilines is 3. The van der Waals surface area contributed by atoms with Gasteiger partial charge in [-0.15, -0.1) is 0 Å². The molecule has 34 heavy (non-hydrogen) atoms. The third-order valence-corrected chi connectivity index (χ3v) is 5.18. The summed E-state index contributed by atoms with van der Waals surface area (Å²) < 4.78 is 0. The highest BCUT2D eigenvalue weighted by atomic mass is 16.2. The van der Waals surface area contributed by atoms with Crippen LogP contribution < -0.4 is 16.0 Å². The lowest BCUT2D eigenvalue weighted by molar-refractivity contribution is 0.101. The molecule has 2 amide bonds.